The third-order valence-corrected chi connectivity index (χ3v) is 4.43. The number of nitrogens with one attached hydrogen (secondary N) is 1. The zero-order valence-electron chi connectivity index (χ0n) is 13.4. The fourth-order valence-electron chi connectivity index (χ4n) is 3.11. The van der Waals surface area contributed by atoms with Crippen molar-refractivity contribution >= 4 is 11.8 Å². The van der Waals surface area contributed by atoms with Crippen molar-refractivity contribution in [3.63, 3.8) is 0 Å². The Kier molecular flexibility index (Phi) is 6.03. The second-order valence-corrected chi connectivity index (χ2v) is 6.78. The summed E-state index contributed by atoms with van der Waals surface area (Å²) in [5.41, 5.74) is 0. The van der Waals surface area contributed by atoms with Gasteiger partial charge >= 0.3 is 0 Å². The molecule has 5 nitrogen and oxygen atoms in total. The molecule has 2 aliphatic heterocycles. The Balaban J connectivity index is 1.68. The van der Waals surface area contributed by atoms with Crippen molar-refractivity contribution in [3.05, 3.63) is 0 Å². The van der Waals surface area contributed by atoms with E-state index >= 15 is 0 Å². The number of piperidine rings is 1. The van der Waals surface area contributed by atoms with Crippen molar-refractivity contribution in [1.82, 2.24) is 15.1 Å². The van der Waals surface area contributed by atoms with Gasteiger partial charge < -0.3 is 10.2 Å². The molecule has 0 radical (unpaired) electrons. The SMILES string of the molecule is CC(C)CNC(=O)CN1CCC(C(=O)N2CCCC2)CC1. The molecule has 2 amide bonds. The first-order chi connectivity index (χ1) is 10.1. The fraction of sp³-hybridized carbons (Fsp3) is 0.875. The molecule has 0 unspecified atom stereocenters. The first kappa shape index (κ1) is 16.3. The number of amides is 2. The molecule has 2 fully saturated rings. The van der Waals surface area contributed by atoms with Crippen LogP contribution in [0.25, 0.3) is 0 Å². The van der Waals surface area contributed by atoms with E-state index in [0.29, 0.717) is 18.4 Å². The van der Waals surface area contributed by atoms with Crippen LogP contribution in [-0.2, 0) is 9.59 Å². The van der Waals surface area contributed by atoms with Gasteiger partial charge in [0.15, 0.2) is 0 Å². The lowest BCUT2D eigenvalue weighted by Crippen LogP contribution is -2.45. The molecule has 0 spiro atoms. The third-order valence-electron chi connectivity index (χ3n) is 4.43. The lowest BCUT2D eigenvalue weighted by atomic mass is 9.95. The van der Waals surface area contributed by atoms with Crippen LogP contribution < -0.4 is 5.32 Å². The average Bonchev–Trinajstić information content (AvgIpc) is 2.99. The van der Waals surface area contributed by atoms with Crippen LogP contribution in [0.15, 0.2) is 0 Å². The Labute approximate surface area is 128 Å². The highest BCUT2D eigenvalue weighted by Gasteiger charge is 2.30. The molecule has 2 aliphatic rings. The highest BCUT2D eigenvalue weighted by molar-refractivity contribution is 5.79. The van der Waals surface area contributed by atoms with Crippen LogP contribution in [-0.4, -0.2) is 60.9 Å². The molecule has 0 aromatic rings. The van der Waals surface area contributed by atoms with Crippen molar-refractivity contribution in [2.75, 3.05) is 39.3 Å². The largest absolute Gasteiger partial charge is 0.355 e. The molecule has 2 saturated heterocycles. The zero-order valence-corrected chi connectivity index (χ0v) is 13.4. The van der Waals surface area contributed by atoms with E-state index < -0.39 is 0 Å². The summed E-state index contributed by atoms with van der Waals surface area (Å²) in [6, 6.07) is 0. The van der Waals surface area contributed by atoms with Crippen LogP contribution in [0.2, 0.25) is 0 Å². The molecule has 0 bridgehead atoms. The highest BCUT2D eigenvalue weighted by atomic mass is 16.2. The minimum Gasteiger partial charge on any atom is -0.355 e. The summed E-state index contributed by atoms with van der Waals surface area (Å²) in [7, 11) is 0. The summed E-state index contributed by atoms with van der Waals surface area (Å²) in [5, 5.41) is 2.95. The molecule has 2 rings (SSSR count). The van der Waals surface area contributed by atoms with Gasteiger partial charge in [0.1, 0.15) is 0 Å². The van der Waals surface area contributed by atoms with Crippen LogP contribution in [0.1, 0.15) is 39.5 Å². The first-order valence-electron chi connectivity index (χ1n) is 8.34. The van der Waals surface area contributed by atoms with Gasteiger partial charge in [-0.3, -0.25) is 14.5 Å². The maximum atomic E-state index is 12.3. The summed E-state index contributed by atoms with van der Waals surface area (Å²) in [6.45, 7) is 9.00. The maximum absolute atomic E-state index is 12.3. The van der Waals surface area contributed by atoms with Gasteiger partial charge in [-0.2, -0.15) is 0 Å². The van der Waals surface area contributed by atoms with E-state index in [1.807, 2.05) is 4.90 Å². The van der Waals surface area contributed by atoms with Gasteiger partial charge in [-0.15, -0.1) is 0 Å². The summed E-state index contributed by atoms with van der Waals surface area (Å²) in [4.78, 5) is 28.3. The number of hydrogen-bond acceptors (Lipinski definition) is 3. The zero-order chi connectivity index (χ0) is 15.2. The van der Waals surface area contributed by atoms with E-state index in [-0.39, 0.29) is 11.8 Å². The lowest BCUT2D eigenvalue weighted by molar-refractivity contribution is -0.136. The summed E-state index contributed by atoms with van der Waals surface area (Å²) in [5.74, 6) is 1.11. The number of nitrogens with zero attached hydrogens (tertiary/aromatic N) is 2. The monoisotopic (exact) mass is 295 g/mol. The van der Waals surface area contributed by atoms with Crippen molar-refractivity contribution in [2.24, 2.45) is 11.8 Å². The van der Waals surface area contributed by atoms with Gasteiger partial charge in [0, 0.05) is 25.6 Å². The number of carbonyl (C=O) groups excluding carboxylic acids is 2. The van der Waals surface area contributed by atoms with E-state index in [9.17, 15) is 9.59 Å². The molecule has 120 valence electrons. The molecule has 0 aromatic heterocycles. The number of carbonyl (C=O) groups is 2. The Morgan fingerprint density at radius 1 is 1.10 bits per heavy atom. The molecule has 0 saturated carbocycles. The second-order valence-electron chi connectivity index (χ2n) is 6.78. The molecule has 0 atom stereocenters. The molecule has 5 heteroatoms. The molecule has 0 aliphatic carbocycles. The van der Waals surface area contributed by atoms with Gasteiger partial charge in [0.05, 0.1) is 6.54 Å². The molecule has 21 heavy (non-hydrogen) atoms. The van der Waals surface area contributed by atoms with Crippen molar-refractivity contribution < 1.29 is 9.59 Å². The van der Waals surface area contributed by atoms with Crippen LogP contribution in [0.5, 0.6) is 0 Å². The molecular formula is C16H29N3O2. The highest BCUT2D eigenvalue weighted by Crippen LogP contribution is 2.21. The van der Waals surface area contributed by atoms with E-state index in [1.54, 1.807) is 0 Å². The Bertz CT molecular complexity index is 357. The number of likely N-dealkylation sites (tertiary alicyclic amines) is 2. The van der Waals surface area contributed by atoms with Crippen LogP contribution in [0.3, 0.4) is 0 Å². The van der Waals surface area contributed by atoms with E-state index in [0.717, 1.165) is 58.4 Å². The van der Waals surface area contributed by atoms with Crippen molar-refractivity contribution in [1.29, 1.82) is 0 Å². The molecule has 2 heterocycles. The van der Waals surface area contributed by atoms with Gasteiger partial charge in [0.25, 0.3) is 0 Å². The van der Waals surface area contributed by atoms with Crippen molar-refractivity contribution in [3.8, 4) is 0 Å². The summed E-state index contributed by atoms with van der Waals surface area (Å²) in [6.07, 6.45) is 4.10. The minimum absolute atomic E-state index is 0.105. The topological polar surface area (TPSA) is 52.7 Å². The van der Waals surface area contributed by atoms with E-state index in [1.165, 1.54) is 0 Å². The quantitative estimate of drug-likeness (QED) is 0.826. The Morgan fingerprint density at radius 2 is 1.71 bits per heavy atom. The van der Waals surface area contributed by atoms with Crippen LogP contribution in [0, 0.1) is 11.8 Å². The molecule has 0 aromatic carbocycles. The normalized spacial score (nSPS) is 21.0. The number of rotatable bonds is 5. The summed E-state index contributed by atoms with van der Waals surface area (Å²) < 4.78 is 0. The van der Waals surface area contributed by atoms with Crippen LogP contribution in [0.4, 0.5) is 0 Å². The Hall–Kier alpha value is -1.10. The molecule has 1 N–H and O–H groups in total. The smallest absolute Gasteiger partial charge is 0.234 e. The maximum Gasteiger partial charge on any atom is 0.234 e. The minimum atomic E-state index is 0.105. The van der Waals surface area contributed by atoms with Crippen LogP contribution >= 0.6 is 0 Å². The predicted octanol–water partition coefficient (Wildman–Crippen LogP) is 1.09. The van der Waals surface area contributed by atoms with Crippen molar-refractivity contribution in [2.45, 2.75) is 39.5 Å². The van der Waals surface area contributed by atoms with Gasteiger partial charge in [-0.05, 0) is 44.7 Å². The lowest BCUT2D eigenvalue weighted by Gasteiger charge is -2.32. The van der Waals surface area contributed by atoms with Gasteiger partial charge in [-0.1, -0.05) is 13.8 Å². The average molecular weight is 295 g/mol. The van der Waals surface area contributed by atoms with E-state index in [4.69, 9.17) is 0 Å². The molecular weight excluding hydrogens is 266 g/mol. The standard InChI is InChI=1S/C16H29N3O2/c1-13(2)11-17-15(20)12-18-9-5-14(6-10-18)16(21)19-7-3-4-8-19/h13-14H,3-12H2,1-2H3,(H,17,20). The predicted molar refractivity (Wildman–Crippen MR) is 82.8 cm³/mol. The van der Waals surface area contributed by atoms with Gasteiger partial charge in [-0.25, -0.2) is 0 Å². The third kappa shape index (κ3) is 4.99. The summed E-state index contributed by atoms with van der Waals surface area (Å²) >= 11 is 0. The number of hydrogen-bond donors (Lipinski definition) is 1. The van der Waals surface area contributed by atoms with Gasteiger partial charge in [0.2, 0.25) is 11.8 Å². The Morgan fingerprint density at radius 3 is 2.29 bits per heavy atom. The second kappa shape index (κ2) is 7.78. The van der Waals surface area contributed by atoms with E-state index in [2.05, 4.69) is 24.1 Å². The fourth-order valence-corrected chi connectivity index (χ4v) is 3.11. The first-order valence-corrected chi connectivity index (χ1v) is 8.34.